The minimum atomic E-state index is -0.234. The fourth-order valence-corrected chi connectivity index (χ4v) is 2.04. The third-order valence-corrected chi connectivity index (χ3v) is 3.36. The van der Waals surface area contributed by atoms with Crippen LogP contribution < -0.4 is 20.4 Å². The second-order valence-electron chi connectivity index (χ2n) is 5.33. The molecule has 0 saturated heterocycles. The van der Waals surface area contributed by atoms with Crippen molar-refractivity contribution < 1.29 is 9.53 Å². The minimum Gasteiger partial charge on any atom is -0.495 e. The minimum absolute atomic E-state index is 0.108. The summed E-state index contributed by atoms with van der Waals surface area (Å²) >= 11 is 0. The first kappa shape index (κ1) is 17.3. The molecule has 0 saturated carbocycles. The first-order valence-corrected chi connectivity index (χ1v) is 7.56. The molecule has 24 heavy (non-hydrogen) atoms. The number of ether oxygens (including phenoxy) is 1. The summed E-state index contributed by atoms with van der Waals surface area (Å²) in [5.74, 6) is 0.455. The summed E-state index contributed by atoms with van der Waals surface area (Å²) in [4.78, 5) is 13.8. The average molecular weight is 326 g/mol. The molecule has 2 aromatic carbocycles. The van der Waals surface area contributed by atoms with Crippen molar-refractivity contribution in [2.24, 2.45) is 5.10 Å². The van der Waals surface area contributed by atoms with E-state index in [0.717, 1.165) is 16.9 Å². The highest BCUT2D eigenvalue weighted by Gasteiger charge is 2.03. The molecule has 2 rings (SSSR count). The first-order valence-electron chi connectivity index (χ1n) is 7.56. The van der Waals surface area contributed by atoms with Gasteiger partial charge in [-0.15, -0.1) is 0 Å². The van der Waals surface area contributed by atoms with Crippen LogP contribution in [-0.4, -0.2) is 39.9 Å². The van der Waals surface area contributed by atoms with Crippen molar-refractivity contribution in [2.75, 3.05) is 38.0 Å². The van der Waals surface area contributed by atoms with Crippen molar-refractivity contribution in [1.82, 2.24) is 5.43 Å². The Kier molecular flexibility index (Phi) is 6.19. The first-order chi connectivity index (χ1) is 11.6. The van der Waals surface area contributed by atoms with E-state index in [1.165, 1.54) is 0 Å². The molecule has 126 valence electrons. The van der Waals surface area contributed by atoms with Crippen LogP contribution in [0.2, 0.25) is 0 Å². The Hall–Kier alpha value is -3.02. The number of amides is 1. The normalized spacial score (nSPS) is 10.5. The standard InChI is InChI=1S/C18H22N4O2/c1-22(2)15-10-8-14(9-11-15)12-20-21-18(23)13-19-16-6-4-5-7-17(16)24-3/h4-12,19H,13H2,1-3H3,(H,21,23)/b20-12+. The summed E-state index contributed by atoms with van der Waals surface area (Å²) < 4.78 is 5.22. The van der Waals surface area contributed by atoms with Crippen molar-refractivity contribution in [2.45, 2.75) is 0 Å². The number of carbonyl (C=O) groups excluding carboxylic acids is 1. The van der Waals surface area contributed by atoms with Gasteiger partial charge in [0.2, 0.25) is 0 Å². The van der Waals surface area contributed by atoms with Gasteiger partial charge in [0.15, 0.2) is 0 Å². The van der Waals surface area contributed by atoms with E-state index in [1.807, 2.05) is 67.5 Å². The molecule has 0 atom stereocenters. The molecular weight excluding hydrogens is 304 g/mol. The number of para-hydroxylation sites is 2. The van der Waals surface area contributed by atoms with E-state index in [-0.39, 0.29) is 12.5 Å². The van der Waals surface area contributed by atoms with E-state index in [1.54, 1.807) is 13.3 Å². The largest absolute Gasteiger partial charge is 0.495 e. The highest BCUT2D eigenvalue weighted by Crippen LogP contribution is 2.22. The zero-order valence-corrected chi connectivity index (χ0v) is 14.1. The van der Waals surface area contributed by atoms with Gasteiger partial charge in [0.1, 0.15) is 5.75 Å². The molecule has 0 unspecified atom stereocenters. The van der Waals surface area contributed by atoms with Crippen molar-refractivity contribution >= 4 is 23.5 Å². The summed E-state index contributed by atoms with van der Waals surface area (Å²) in [7, 11) is 5.56. The maximum absolute atomic E-state index is 11.8. The fourth-order valence-electron chi connectivity index (χ4n) is 2.04. The Morgan fingerprint density at radius 1 is 1.17 bits per heavy atom. The highest BCUT2D eigenvalue weighted by atomic mass is 16.5. The van der Waals surface area contributed by atoms with Gasteiger partial charge in [-0.3, -0.25) is 4.79 Å². The maximum Gasteiger partial charge on any atom is 0.259 e. The van der Waals surface area contributed by atoms with Crippen molar-refractivity contribution in [3.05, 3.63) is 54.1 Å². The number of methoxy groups -OCH3 is 1. The van der Waals surface area contributed by atoms with Crippen molar-refractivity contribution in [3.63, 3.8) is 0 Å². The number of hydrogen-bond donors (Lipinski definition) is 2. The summed E-state index contributed by atoms with van der Waals surface area (Å²) in [6.45, 7) is 0.108. The van der Waals surface area contributed by atoms with Gasteiger partial charge >= 0.3 is 0 Å². The third kappa shape index (κ3) is 5.01. The van der Waals surface area contributed by atoms with Gasteiger partial charge in [0, 0.05) is 19.8 Å². The SMILES string of the molecule is COc1ccccc1NCC(=O)N/N=C/c1ccc(N(C)C)cc1. The lowest BCUT2D eigenvalue weighted by atomic mass is 10.2. The van der Waals surface area contributed by atoms with Gasteiger partial charge < -0.3 is 15.0 Å². The Morgan fingerprint density at radius 3 is 2.54 bits per heavy atom. The van der Waals surface area contributed by atoms with Crippen LogP contribution in [0.15, 0.2) is 53.6 Å². The van der Waals surface area contributed by atoms with Gasteiger partial charge in [0.05, 0.1) is 25.6 Å². The molecule has 0 aliphatic rings. The van der Waals surface area contributed by atoms with E-state index in [2.05, 4.69) is 15.8 Å². The Balaban J connectivity index is 1.82. The third-order valence-electron chi connectivity index (χ3n) is 3.36. The smallest absolute Gasteiger partial charge is 0.259 e. The topological polar surface area (TPSA) is 66.0 Å². The van der Waals surface area contributed by atoms with E-state index in [0.29, 0.717) is 5.75 Å². The van der Waals surface area contributed by atoms with Gasteiger partial charge in [-0.2, -0.15) is 5.10 Å². The van der Waals surface area contributed by atoms with E-state index in [4.69, 9.17) is 4.74 Å². The number of benzene rings is 2. The predicted molar refractivity (Wildman–Crippen MR) is 98.0 cm³/mol. The van der Waals surface area contributed by atoms with Crippen LogP contribution in [0, 0.1) is 0 Å². The number of rotatable bonds is 7. The average Bonchev–Trinajstić information content (AvgIpc) is 2.60. The molecule has 6 heteroatoms. The molecule has 0 spiro atoms. The summed E-state index contributed by atoms with van der Waals surface area (Å²) in [5, 5.41) is 6.98. The fraction of sp³-hybridized carbons (Fsp3) is 0.222. The lowest BCUT2D eigenvalue weighted by Crippen LogP contribution is -2.26. The molecule has 0 aromatic heterocycles. The van der Waals surface area contributed by atoms with Crippen molar-refractivity contribution in [3.8, 4) is 5.75 Å². The second kappa shape index (κ2) is 8.57. The van der Waals surface area contributed by atoms with Gasteiger partial charge in [0.25, 0.3) is 5.91 Å². The van der Waals surface area contributed by atoms with E-state index >= 15 is 0 Å². The van der Waals surface area contributed by atoms with Crippen LogP contribution >= 0.6 is 0 Å². The van der Waals surface area contributed by atoms with Gasteiger partial charge in [-0.05, 0) is 29.8 Å². The summed E-state index contributed by atoms with van der Waals surface area (Å²) in [6, 6.07) is 15.3. The van der Waals surface area contributed by atoms with Crippen LogP contribution in [-0.2, 0) is 4.79 Å². The maximum atomic E-state index is 11.8. The van der Waals surface area contributed by atoms with Crippen LogP contribution in [0.3, 0.4) is 0 Å². The zero-order chi connectivity index (χ0) is 17.4. The van der Waals surface area contributed by atoms with Crippen LogP contribution in [0.4, 0.5) is 11.4 Å². The molecule has 0 heterocycles. The predicted octanol–water partition coefficient (Wildman–Crippen LogP) is 2.32. The highest BCUT2D eigenvalue weighted by molar-refractivity contribution is 5.84. The molecule has 2 aromatic rings. The van der Waals surface area contributed by atoms with Crippen LogP contribution in [0.5, 0.6) is 5.75 Å². The second-order valence-corrected chi connectivity index (χ2v) is 5.33. The van der Waals surface area contributed by atoms with Crippen molar-refractivity contribution in [1.29, 1.82) is 0 Å². The molecular formula is C18H22N4O2. The Labute approximate surface area is 142 Å². The van der Waals surface area contributed by atoms with Crippen LogP contribution in [0.25, 0.3) is 0 Å². The van der Waals surface area contributed by atoms with Crippen LogP contribution in [0.1, 0.15) is 5.56 Å². The molecule has 0 fully saturated rings. The quantitative estimate of drug-likeness (QED) is 0.605. The number of hydrazone groups is 1. The van der Waals surface area contributed by atoms with Gasteiger partial charge in [-0.1, -0.05) is 24.3 Å². The molecule has 1 amide bonds. The Bertz CT molecular complexity index is 696. The number of nitrogens with one attached hydrogen (secondary N) is 2. The molecule has 0 radical (unpaired) electrons. The lowest BCUT2D eigenvalue weighted by molar-refractivity contribution is -0.119. The number of anilines is 2. The zero-order valence-electron chi connectivity index (χ0n) is 14.1. The summed E-state index contributed by atoms with van der Waals surface area (Å²) in [5.41, 5.74) is 5.28. The summed E-state index contributed by atoms with van der Waals surface area (Å²) in [6.07, 6.45) is 1.61. The Morgan fingerprint density at radius 2 is 1.88 bits per heavy atom. The molecule has 0 aliphatic heterocycles. The lowest BCUT2D eigenvalue weighted by Gasteiger charge is -2.11. The van der Waals surface area contributed by atoms with E-state index < -0.39 is 0 Å². The van der Waals surface area contributed by atoms with Gasteiger partial charge in [-0.25, -0.2) is 5.43 Å². The number of carbonyl (C=O) groups is 1. The van der Waals surface area contributed by atoms with E-state index in [9.17, 15) is 4.79 Å². The molecule has 0 bridgehead atoms. The molecule has 0 aliphatic carbocycles. The number of nitrogens with zero attached hydrogens (tertiary/aromatic N) is 2. The molecule has 2 N–H and O–H groups in total. The molecule has 6 nitrogen and oxygen atoms in total. The monoisotopic (exact) mass is 326 g/mol. The number of hydrogen-bond acceptors (Lipinski definition) is 5.